The van der Waals surface area contributed by atoms with Crippen LogP contribution in [0.2, 0.25) is 0 Å². The fraction of sp³-hybridized carbons (Fsp3) is 0.769. The molecule has 2 rings (SSSR count). The second-order valence-corrected chi connectivity index (χ2v) is 4.85. The number of nitrogens with one attached hydrogen (secondary N) is 1. The Kier molecular flexibility index (Phi) is 5.01. The van der Waals surface area contributed by atoms with Crippen LogP contribution in [0.15, 0.2) is 12.4 Å². The van der Waals surface area contributed by atoms with Crippen molar-refractivity contribution in [2.75, 3.05) is 44.7 Å². The molecule has 0 aromatic carbocycles. The van der Waals surface area contributed by atoms with E-state index in [4.69, 9.17) is 4.74 Å². The van der Waals surface area contributed by atoms with Crippen LogP contribution in [0.4, 0.5) is 5.95 Å². The minimum Gasteiger partial charge on any atom is -0.379 e. The number of nitrogens with zero attached hydrogens (tertiary/aromatic N) is 3. The van der Waals surface area contributed by atoms with Crippen LogP contribution < -0.4 is 5.32 Å². The van der Waals surface area contributed by atoms with Crippen molar-refractivity contribution in [3.05, 3.63) is 12.4 Å². The predicted octanol–water partition coefficient (Wildman–Crippen LogP) is 1.60. The van der Waals surface area contributed by atoms with E-state index in [1.54, 1.807) is 0 Å². The highest BCUT2D eigenvalue weighted by Gasteiger charge is 2.16. The molecule has 5 nitrogen and oxygen atoms in total. The first-order valence-electron chi connectivity index (χ1n) is 6.88. The first kappa shape index (κ1) is 13.4. The molecule has 102 valence electrons. The van der Waals surface area contributed by atoms with E-state index in [0.717, 1.165) is 51.8 Å². The zero-order valence-electron chi connectivity index (χ0n) is 11.4. The van der Waals surface area contributed by atoms with E-state index in [2.05, 4.69) is 39.8 Å². The van der Waals surface area contributed by atoms with Gasteiger partial charge in [-0.3, -0.25) is 4.90 Å². The maximum atomic E-state index is 5.38. The molecule has 1 fully saturated rings. The van der Waals surface area contributed by atoms with E-state index in [1.165, 1.54) is 0 Å². The van der Waals surface area contributed by atoms with Crippen LogP contribution in [0.25, 0.3) is 0 Å². The molecule has 0 saturated carbocycles. The molecule has 18 heavy (non-hydrogen) atoms. The minimum atomic E-state index is 0.435. The van der Waals surface area contributed by atoms with E-state index in [0.29, 0.717) is 6.04 Å². The summed E-state index contributed by atoms with van der Waals surface area (Å²) in [7, 11) is 0. The number of anilines is 1. The number of imidazole rings is 1. The summed E-state index contributed by atoms with van der Waals surface area (Å²) >= 11 is 0. The SMILES string of the molecule is CCCNc1nccn1C(C)CN1CCOCC1. The third-order valence-electron chi connectivity index (χ3n) is 3.30. The maximum absolute atomic E-state index is 5.38. The van der Waals surface area contributed by atoms with Crippen LogP contribution in [0.1, 0.15) is 26.3 Å². The summed E-state index contributed by atoms with van der Waals surface area (Å²) in [5.41, 5.74) is 0. The van der Waals surface area contributed by atoms with Gasteiger partial charge in [-0.2, -0.15) is 0 Å². The Morgan fingerprint density at radius 1 is 1.44 bits per heavy atom. The van der Waals surface area contributed by atoms with Crippen molar-refractivity contribution in [3.8, 4) is 0 Å². The summed E-state index contributed by atoms with van der Waals surface area (Å²) in [5.74, 6) is 0.984. The largest absolute Gasteiger partial charge is 0.379 e. The molecule has 1 aliphatic heterocycles. The summed E-state index contributed by atoms with van der Waals surface area (Å²) < 4.78 is 7.60. The molecule has 5 heteroatoms. The molecule has 0 amide bonds. The lowest BCUT2D eigenvalue weighted by Gasteiger charge is -2.30. The van der Waals surface area contributed by atoms with Crippen molar-refractivity contribution >= 4 is 5.95 Å². The third kappa shape index (κ3) is 3.46. The number of hydrogen-bond donors (Lipinski definition) is 1. The Balaban J connectivity index is 1.90. The van der Waals surface area contributed by atoms with Crippen molar-refractivity contribution in [1.82, 2.24) is 14.5 Å². The number of rotatable bonds is 6. The molecule has 1 unspecified atom stereocenters. The Labute approximate surface area is 109 Å². The fourth-order valence-corrected chi connectivity index (χ4v) is 2.29. The highest BCUT2D eigenvalue weighted by Crippen LogP contribution is 2.15. The van der Waals surface area contributed by atoms with Gasteiger partial charge in [0.2, 0.25) is 5.95 Å². The molecule has 2 heterocycles. The molecule has 1 aliphatic rings. The fourth-order valence-electron chi connectivity index (χ4n) is 2.29. The monoisotopic (exact) mass is 252 g/mol. The molecule has 0 radical (unpaired) electrons. The molecule has 0 aliphatic carbocycles. The second kappa shape index (κ2) is 6.75. The lowest BCUT2D eigenvalue weighted by molar-refractivity contribution is 0.0327. The van der Waals surface area contributed by atoms with Gasteiger partial charge in [-0.05, 0) is 13.3 Å². The highest BCUT2D eigenvalue weighted by molar-refractivity contribution is 5.26. The summed E-state index contributed by atoms with van der Waals surface area (Å²) in [4.78, 5) is 6.83. The molecular formula is C13H24N4O. The zero-order valence-corrected chi connectivity index (χ0v) is 11.4. The average Bonchev–Trinajstić information content (AvgIpc) is 2.86. The van der Waals surface area contributed by atoms with E-state index in [1.807, 2.05) is 6.20 Å². The first-order chi connectivity index (χ1) is 8.81. The normalized spacial score (nSPS) is 18.8. The lowest BCUT2D eigenvalue weighted by Crippen LogP contribution is -2.39. The van der Waals surface area contributed by atoms with Gasteiger partial charge in [0.05, 0.1) is 13.2 Å². The predicted molar refractivity (Wildman–Crippen MR) is 73.0 cm³/mol. The van der Waals surface area contributed by atoms with E-state index in [9.17, 15) is 0 Å². The van der Waals surface area contributed by atoms with Crippen LogP contribution in [-0.4, -0.2) is 53.8 Å². The molecule has 1 N–H and O–H groups in total. The van der Waals surface area contributed by atoms with E-state index in [-0.39, 0.29) is 0 Å². The molecule has 1 saturated heterocycles. The first-order valence-corrected chi connectivity index (χ1v) is 6.88. The van der Waals surface area contributed by atoms with Crippen LogP contribution in [0, 0.1) is 0 Å². The van der Waals surface area contributed by atoms with Crippen molar-refractivity contribution in [2.45, 2.75) is 26.3 Å². The van der Waals surface area contributed by atoms with Gasteiger partial charge in [0.1, 0.15) is 0 Å². The number of ether oxygens (including phenoxy) is 1. The van der Waals surface area contributed by atoms with Gasteiger partial charge < -0.3 is 14.6 Å². The Hall–Kier alpha value is -1.07. The Morgan fingerprint density at radius 3 is 2.94 bits per heavy atom. The van der Waals surface area contributed by atoms with Crippen LogP contribution in [0.5, 0.6) is 0 Å². The lowest BCUT2D eigenvalue weighted by atomic mass is 10.3. The van der Waals surface area contributed by atoms with Crippen LogP contribution >= 0.6 is 0 Å². The Morgan fingerprint density at radius 2 is 2.22 bits per heavy atom. The van der Waals surface area contributed by atoms with Gasteiger partial charge in [0.15, 0.2) is 0 Å². The highest BCUT2D eigenvalue weighted by atomic mass is 16.5. The smallest absolute Gasteiger partial charge is 0.203 e. The number of aromatic nitrogens is 2. The van der Waals surface area contributed by atoms with E-state index < -0.39 is 0 Å². The minimum absolute atomic E-state index is 0.435. The zero-order chi connectivity index (χ0) is 12.8. The van der Waals surface area contributed by atoms with Crippen LogP contribution in [-0.2, 0) is 4.74 Å². The van der Waals surface area contributed by atoms with Gasteiger partial charge in [0, 0.05) is 44.6 Å². The molecule has 1 aromatic rings. The number of morpholine rings is 1. The average molecular weight is 252 g/mol. The Bertz CT molecular complexity index is 347. The van der Waals surface area contributed by atoms with Gasteiger partial charge in [-0.25, -0.2) is 4.98 Å². The summed E-state index contributed by atoms with van der Waals surface area (Å²) in [5, 5.41) is 3.37. The second-order valence-electron chi connectivity index (χ2n) is 4.85. The standard InChI is InChI=1S/C13H24N4O/c1-3-4-14-13-15-5-6-17(13)12(2)11-16-7-9-18-10-8-16/h5-6,12H,3-4,7-11H2,1-2H3,(H,14,15). The number of hydrogen-bond acceptors (Lipinski definition) is 4. The quantitative estimate of drug-likeness (QED) is 0.835. The van der Waals surface area contributed by atoms with Crippen LogP contribution in [0.3, 0.4) is 0 Å². The van der Waals surface area contributed by atoms with Gasteiger partial charge in [0.25, 0.3) is 0 Å². The van der Waals surface area contributed by atoms with Gasteiger partial charge in [-0.15, -0.1) is 0 Å². The summed E-state index contributed by atoms with van der Waals surface area (Å²) in [6.45, 7) is 10.2. The third-order valence-corrected chi connectivity index (χ3v) is 3.30. The molecule has 1 aromatic heterocycles. The summed E-state index contributed by atoms with van der Waals surface area (Å²) in [6, 6.07) is 0.435. The van der Waals surface area contributed by atoms with E-state index >= 15 is 0 Å². The molecule has 0 spiro atoms. The topological polar surface area (TPSA) is 42.3 Å². The molecular weight excluding hydrogens is 228 g/mol. The van der Waals surface area contributed by atoms with Crippen molar-refractivity contribution < 1.29 is 4.74 Å². The summed E-state index contributed by atoms with van der Waals surface area (Å²) in [6.07, 6.45) is 5.04. The molecule has 0 bridgehead atoms. The van der Waals surface area contributed by atoms with Gasteiger partial charge in [-0.1, -0.05) is 6.92 Å². The van der Waals surface area contributed by atoms with Gasteiger partial charge >= 0.3 is 0 Å². The maximum Gasteiger partial charge on any atom is 0.203 e. The molecule has 1 atom stereocenters. The van der Waals surface area contributed by atoms with Crippen molar-refractivity contribution in [1.29, 1.82) is 0 Å². The van der Waals surface area contributed by atoms with Crippen molar-refractivity contribution in [3.63, 3.8) is 0 Å². The van der Waals surface area contributed by atoms with Crippen molar-refractivity contribution in [2.24, 2.45) is 0 Å².